The molecule has 0 fully saturated rings. The molecule has 1 aromatic heterocycles. The number of anilines is 1. The zero-order valence-electron chi connectivity index (χ0n) is 13.6. The summed E-state index contributed by atoms with van der Waals surface area (Å²) in [5.41, 5.74) is 4.92. The van der Waals surface area contributed by atoms with E-state index in [0.29, 0.717) is 6.54 Å². The predicted molar refractivity (Wildman–Crippen MR) is 104 cm³/mol. The molecule has 25 heavy (non-hydrogen) atoms. The van der Waals surface area contributed by atoms with Gasteiger partial charge >= 0.3 is 0 Å². The highest BCUT2D eigenvalue weighted by molar-refractivity contribution is 6.18. The molecule has 0 saturated carbocycles. The van der Waals surface area contributed by atoms with Crippen molar-refractivity contribution in [1.29, 1.82) is 0 Å². The molecular formula is C21H18ClNO2. The van der Waals surface area contributed by atoms with E-state index >= 15 is 0 Å². The predicted octanol–water partition coefficient (Wildman–Crippen LogP) is 5.26. The van der Waals surface area contributed by atoms with Crippen LogP contribution in [0.4, 0.5) is 5.69 Å². The lowest BCUT2D eigenvalue weighted by molar-refractivity contribution is 0.211. The minimum Gasteiger partial charge on any atom is -0.455 e. The Morgan fingerprint density at radius 1 is 0.920 bits per heavy atom. The molecule has 1 unspecified atom stereocenters. The van der Waals surface area contributed by atoms with Gasteiger partial charge in [-0.1, -0.05) is 48.5 Å². The number of hydrogen-bond donors (Lipinski definition) is 2. The number of para-hydroxylation sites is 2. The van der Waals surface area contributed by atoms with Gasteiger partial charge in [0.25, 0.3) is 0 Å². The van der Waals surface area contributed by atoms with Crippen LogP contribution in [0, 0.1) is 0 Å². The van der Waals surface area contributed by atoms with E-state index in [9.17, 15) is 5.11 Å². The fraction of sp³-hybridized carbons (Fsp3) is 0.143. The van der Waals surface area contributed by atoms with Gasteiger partial charge in [0.1, 0.15) is 11.2 Å². The summed E-state index contributed by atoms with van der Waals surface area (Å²) in [6.45, 7) is 0.433. The highest BCUT2D eigenvalue weighted by Crippen LogP contribution is 2.35. The topological polar surface area (TPSA) is 45.4 Å². The zero-order chi connectivity index (χ0) is 17.2. The van der Waals surface area contributed by atoms with Crippen molar-refractivity contribution in [2.75, 3.05) is 17.7 Å². The standard InChI is InChI=1S/C21H18ClNO2/c22-12-16(24)13-23-15-10-8-14(9-11-15)17-5-3-6-19-18-4-1-2-7-20(18)25-21(17)19/h1-11,16,23-24H,12-13H2. The number of benzene rings is 3. The molecule has 3 nitrogen and oxygen atoms in total. The van der Waals surface area contributed by atoms with Crippen molar-refractivity contribution in [3.8, 4) is 11.1 Å². The Kier molecular flexibility index (Phi) is 4.35. The van der Waals surface area contributed by atoms with Crippen LogP contribution in [-0.4, -0.2) is 23.6 Å². The van der Waals surface area contributed by atoms with E-state index in [-0.39, 0.29) is 5.88 Å². The molecule has 4 rings (SSSR count). The second kappa shape index (κ2) is 6.79. The molecule has 1 heterocycles. The SMILES string of the molecule is OC(CCl)CNc1ccc(-c2cccc3c2oc2ccccc23)cc1. The summed E-state index contributed by atoms with van der Waals surface area (Å²) in [5, 5.41) is 15.0. The van der Waals surface area contributed by atoms with Crippen LogP contribution >= 0.6 is 11.6 Å². The van der Waals surface area contributed by atoms with Gasteiger partial charge in [-0.3, -0.25) is 0 Å². The quantitative estimate of drug-likeness (QED) is 0.482. The molecule has 1 atom stereocenters. The van der Waals surface area contributed by atoms with Gasteiger partial charge in [0.05, 0.1) is 12.0 Å². The third-order valence-electron chi connectivity index (χ3n) is 4.32. The van der Waals surface area contributed by atoms with Crippen molar-refractivity contribution in [2.45, 2.75) is 6.10 Å². The molecule has 4 aromatic rings. The summed E-state index contributed by atoms with van der Waals surface area (Å²) in [6.07, 6.45) is -0.550. The maximum Gasteiger partial charge on any atom is 0.143 e. The van der Waals surface area contributed by atoms with Crippen molar-refractivity contribution in [3.05, 3.63) is 66.7 Å². The van der Waals surface area contributed by atoms with Crippen molar-refractivity contribution in [1.82, 2.24) is 0 Å². The van der Waals surface area contributed by atoms with E-state index in [1.807, 2.05) is 30.3 Å². The Balaban J connectivity index is 1.70. The first-order chi connectivity index (χ1) is 12.3. The summed E-state index contributed by atoms with van der Waals surface area (Å²) in [4.78, 5) is 0. The molecule has 0 spiro atoms. The number of hydrogen-bond acceptors (Lipinski definition) is 3. The van der Waals surface area contributed by atoms with E-state index in [1.54, 1.807) is 0 Å². The van der Waals surface area contributed by atoms with Gasteiger partial charge in [0.2, 0.25) is 0 Å². The summed E-state index contributed by atoms with van der Waals surface area (Å²) in [7, 11) is 0. The van der Waals surface area contributed by atoms with Crippen molar-refractivity contribution in [2.24, 2.45) is 0 Å². The highest BCUT2D eigenvalue weighted by Gasteiger charge is 2.11. The van der Waals surface area contributed by atoms with Crippen LogP contribution < -0.4 is 5.32 Å². The van der Waals surface area contributed by atoms with Crippen molar-refractivity contribution in [3.63, 3.8) is 0 Å². The van der Waals surface area contributed by atoms with Gasteiger partial charge in [-0.15, -0.1) is 11.6 Å². The summed E-state index contributed by atoms with van der Waals surface area (Å²) >= 11 is 5.61. The molecule has 0 radical (unpaired) electrons. The Morgan fingerprint density at radius 2 is 1.68 bits per heavy atom. The largest absolute Gasteiger partial charge is 0.455 e. The highest BCUT2D eigenvalue weighted by atomic mass is 35.5. The maximum absolute atomic E-state index is 9.53. The number of furan rings is 1. The minimum absolute atomic E-state index is 0.221. The number of rotatable bonds is 5. The van der Waals surface area contributed by atoms with Gasteiger partial charge in [0.15, 0.2) is 0 Å². The fourth-order valence-electron chi connectivity index (χ4n) is 3.03. The molecule has 0 bridgehead atoms. The monoisotopic (exact) mass is 351 g/mol. The average Bonchev–Trinajstić information content (AvgIpc) is 3.05. The number of alkyl halides is 1. The number of aliphatic hydroxyl groups excluding tert-OH is 1. The Hall–Kier alpha value is -2.49. The number of fused-ring (bicyclic) bond motifs is 3. The molecule has 0 aliphatic heterocycles. The Morgan fingerprint density at radius 3 is 2.48 bits per heavy atom. The molecule has 0 aliphatic carbocycles. The maximum atomic E-state index is 9.53. The summed E-state index contributed by atoms with van der Waals surface area (Å²) in [5.74, 6) is 0.221. The minimum atomic E-state index is -0.550. The number of nitrogens with one attached hydrogen (secondary N) is 1. The molecule has 126 valence electrons. The first-order valence-electron chi connectivity index (χ1n) is 8.25. The number of aliphatic hydroxyl groups is 1. The van der Waals surface area contributed by atoms with E-state index in [4.69, 9.17) is 16.0 Å². The number of halogens is 1. The normalized spacial score (nSPS) is 12.6. The molecule has 0 amide bonds. The van der Waals surface area contributed by atoms with Crippen LogP contribution in [0.5, 0.6) is 0 Å². The van der Waals surface area contributed by atoms with Gasteiger partial charge < -0.3 is 14.8 Å². The second-order valence-electron chi connectivity index (χ2n) is 6.05. The van der Waals surface area contributed by atoms with Crippen LogP contribution in [0.1, 0.15) is 0 Å². The molecule has 4 heteroatoms. The molecule has 3 aromatic carbocycles. The van der Waals surface area contributed by atoms with Gasteiger partial charge in [-0.05, 0) is 23.8 Å². The van der Waals surface area contributed by atoms with Crippen LogP contribution in [-0.2, 0) is 0 Å². The van der Waals surface area contributed by atoms with Crippen molar-refractivity contribution < 1.29 is 9.52 Å². The average molecular weight is 352 g/mol. The molecular weight excluding hydrogens is 334 g/mol. The molecule has 2 N–H and O–H groups in total. The lowest BCUT2D eigenvalue weighted by atomic mass is 10.0. The van der Waals surface area contributed by atoms with Crippen molar-refractivity contribution >= 4 is 39.2 Å². The summed E-state index contributed by atoms with van der Waals surface area (Å²) in [6, 6.07) is 22.4. The summed E-state index contributed by atoms with van der Waals surface area (Å²) < 4.78 is 6.10. The first-order valence-corrected chi connectivity index (χ1v) is 8.78. The van der Waals surface area contributed by atoms with Gasteiger partial charge in [-0.25, -0.2) is 0 Å². The zero-order valence-corrected chi connectivity index (χ0v) is 14.3. The lowest BCUT2D eigenvalue weighted by Crippen LogP contribution is -2.20. The van der Waals surface area contributed by atoms with Gasteiger partial charge in [0, 0.05) is 28.6 Å². The first kappa shape index (κ1) is 16.0. The van der Waals surface area contributed by atoms with Crippen LogP contribution in [0.3, 0.4) is 0 Å². The van der Waals surface area contributed by atoms with Gasteiger partial charge in [-0.2, -0.15) is 0 Å². The second-order valence-corrected chi connectivity index (χ2v) is 6.36. The van der Waals surface area contributed by atoms with Crippen LogP contribution in [0.2, 0.25) is 0 Å². The van der Waals surface area contributed by atoms with E-state index in [1.165, 1.54) is 0 Å². The smallest absolute Gasteiger partial charge is 0.143 e. The fourth-order valence-corrected chi connectivity index (χ4v) is 3.14. The molecule has 0 aliphatic rings. The van der Waals surface area contributed by atoms with E-state index in [2.05, 4.69) is 41.7 Å². The lowest BCUT2D eigenvalue weighted by Gasteiger charge is -2.10. The van der Waals surface area contributed by atoms with Crippen LogP contribution in [0.15, 0.2) is 71.1 Å². The van der Waals surface area contributed by atoms with Crippen LogP contribution in [0.25, 0.3) is 33.1 Å². The third-order valence-corrected chi connectivity index (χ3v) is 4.68. The Bertz CT molecular complexity index is 1010. The Labute approximate surface area is 150 Å². The van der Waals surface area contributed by atoms with E-state index in [0.717, 1.165) is 38.8 Å². The molecule has 0 saturated heterocycles. The van der Waals surface area contributed by atoms with E-state index < -0.39 is 6.10 Å². The third kappa shape index (κ3) is 3.09.